The van der Waals surface area contributed by atoms with Crippen LogP contribution in [0, 0.1) is 0 Å². The molecule has 0 heterocycles. The number of carboxylic acid groups (broad SMARTS) is 2. The molecule has 0 saturated carbocycles. The molecule has 0 amide bonds. The first kappa shape index (κ1) is 20.3. The van der Waals surface area contributed by atoms with Gasteiger partial charge in [0.1, 0.15) is 0 Å². The van der Waals surface area contributed by atoms with Crippen molar-refractivity contribution in [1.29, 1.82) is 0 Å². The van der Waals surface area contributed by atoms with E-state index in [2.05, 4.69) is 6.92 Å². The molecule has 0 aromatic rings. The van der Waals surface area contributed by atoms with Gasteiger partial charge in [0.2, 0.25) is 0 Å². The van der Waals surface area contributed by atoms with E-state index >= 15 is 0 Å². The van der Waals surface area contributed by atoms with Crippen molar-refractivity contribution in [3.8, 4) is 0 Å². The fraction of sp³-hybridized carbons (Fsp3) is 0.800. The molecule has 0 rings (SSSR count). The summed E-state index contributed by atoms with van der Waals surface area (Å²) in [6.45, 7) is 5.70. The molecule has 6 nitrogen and oxygen atoms in total. The number of aliphatic hydroxyl groups excluding tert-OH is 1. The number of carbonyl (C=O) groups is 2. The van der Waals surface area contributed by atoms with Crippen molar-refractivity contribution < 1.29 is 29.6 Å². The number of ether oxygens (including phenoxy) is 1. The molecular weight excluding hydrogens is 216 g/mol. The van der Waals surface area contributed by atoms with Gasteiger partial charge in [-0.2, -0.15) is 0 Å². The van der Waals surface area contributed by atoms with Crippen LogP contribution in [0.25, 0.3) is 0 Å². The van der Waals surface area contributed by atoms with Crippen LogP contribution in [-0.2, 0) is 14.3 Å². The number of aliphatic hydroxyl groups is 1. The van der Waals surface area contributed by atoms with Crippen LogP contribution in [-0.4, -0.2) is 47.1 Å². The molecule has 0 aromatic carbocycles. The minimum Gasteiger partial charge on any atom is -0.481 e. The Morgan fingerprint density at radius 2 is 1.44 bits per heavy atom. The molecule has 0 aliphatic heterocycles. The molecule has 6 heteroatoms. The standard InChI is InChI=1S/C6H14O2.2C2H4O2/c1-2-3-5-8-6-4-7;2*1-2(3)4/h7H,2-6H2,1H3;2*1H3,(H,3,4). The van der Waals surface area contributed by atoms with Crippen LogP contribution in [0.4, 0.5) is 0 Å². The molecular formula is C10H22O6. The van der Waals surface area contributed by atoms with Crippen LogP contribution in [0.15, 0.2) is 0 Å². The lowest BCUT2D eigenvalue weighted by atomic mass is 10.4. The highest BCUT2D eigenvalue weighted by Crippen LogP contribution is 1.85. The lowest BCUT2D eigenvalue weighted by molar-refractivity contribution is -0.135. The van der Waals surface area contributed by atoms with Gasteiger partial charge in [-0.25, -0.2) is 0 Å². The zero-order chi connectivity index (χ0) is 13.4. The molecule has 16 heavy (non-hydrogen) atoms. The number of unbranched alkanes of at least 4 members (excludes halogenated alkanes) is 1. The second-order valence-electron chi connectivity index (χ2n) is 2.73. The molecule has 0 bridgehead atoms. The molecule has 0 radical (unpaired) electrons. The highest BCUT2D eigenvalue weighted by atomic mass is 16.5. The van der Waals surface area contributed by atoms with Crippen molar-refractivity contribution in [2.45, 2.75) is 33.6 Å². The van der Waals surface area contributed by atoms with E-state index in [0.29, 0.717) is 6.61 Å². The molecule has 98 valence electrons. The second kappa shape index (κ2) is 19.4. The zero-order valence-corrected chi connectivity index (χ0v) is 10.1. The smallest absolute Gasteiger partial charge is 0.300 e. The Morgan fingerprint density at radius 1 is 1.06 bits per heavy atom. The van der Waals surface area contributed by atoms with Crippen molar-refractivity contribution in [3.63, 3.8) is 0 Å². The molecule has 0 fully saturated rings. The van der Waals surface area contributed by atoms with Gasteiger partial charge in [-0.15, -0.1) is 0 Å². The molecule has 0 aliphatic rings. The van der Waals surface area contributed by atoms with Crippen molar-refractivity contribution in [2.24, 2.45) is 0 Å². The van der Waals surface area contributed by atoms with Gasteiger partial charge in [-0.05, 0) is 6.42 Å². The summed E-state index contributed by atoms with van der Waals surface area (Å²) in [4.78, 5) is 18.0. The minimum absolute atomic E-state index is 0.143. The number of hydrogen-bond acceptors (Lipinski definition) is 4. The minimum atomic E-state index is -0.833. The number of carboxylic acids is 2. The molecule has 0 atom stereocenters. The first-order valence-electron chi connectivity index (χ1n) is 4.96. The highest BCUT2D eigenvalue weighted by molar-refractivity contribution is 5.63. The Bertz CT molecular complexity index is 131. The average molecular weight is 238 g/mol. The van der Waals surface area contributed by atoms with Crippen LogP contribution in [0.1, 0.15) is 33.6 Å². The molecule has 3 N–H and O–H groups in total. The first-order chi connectivity index (χ1) is 7.38. The topological polar surface area (TPSA) is 104 Å². The van der Waals surface area contributed by atoms with Gasteiger partial charge >= 0.3 is 0 Å². The van der Waals surface area contributed by atoms with Gasteiger partial charge < -0.3 is 20.1 Å². The maximum Gasteiger partial charge on any atom is 0.300 e. The zero-order valence-electron chi connectivity index (χ0n) is 10.1. The fourth-order valence-electron chi connectivity index (χ4n) is 0.413. The lowest BCUT2D eigenvalue weighted by Crippen LogP contribution is -1.99. The van der Waals surface area contributed by atoms with Crippen molar-refractivity contribution in [2.75, 3.05) is 19.8 Å². The van der Waals surface area contributed by atoms with E-state index in [1.54, 1.807) is 0 Å². The highest BCUT2D eigenvalue weighted by Gasteiger charge is 1.82. The fourth-order valence-corrected chi connectivity index (χ4v) is 0.413. The maximum atomic E-state index is 9.00. The monoisotopic (exact) mass is 238 g/mol. The molecule has 0 spiro atoms. The molecule has 0 unspecified atom stereocenters. The van der Waals surface area contributed by atoms with E-state index in [9.17, 15) is 0 Å². The second-order valence-corrected chi connectivity index (χ2v) is 2.73. The average Bonchev–Trinajstić information content (AvgIpc) is 2.11. The predicted molar refractivity (Wildman–Crippen MR) is 59.4 cm³/mol. The van der Waals surface area contributed by atoms with Gasteiger partial charge in [-0.3, -0.25) is 9.59 Å². The Balaban J connectivity index is -0.000000179. The summed E-state index contributed by atoms with van der Waals surface area (Å²) in [6, 6.07) is 0. The summed E-state index contributed by atoms with van der Waals surface area (Å²) in [5.74, 6) is -1.67. The van der Waals surface area contributed by atoms with Crippen molar-refractivity contribution >= 4 is 11.9 Å². The summed E-state index contributed by atoms with van der Waals surface area (Å²) in [7, 11) is 0. The largest absolute Gasteiger partial charge is 0.481 e. The van der Waals surface area contributed by atoms with Gasteiger partial charge in [-0.1, -0.05) is 13.3 Å². The van der Waals surface area contributed by atoms with Crippen LogP contribution < -0.4 is 0 Å². The van der Waals surface area contributed by atoms with Gasteiger partial charge in [0.25, 0.3) is 11.9 Å². The summed E-state index contributed by atoms with van der Waals surface area (Å²) in [5.41, 5.74) is 0. The van der Waals surface area contributed by atoms with Crippen LogP contribution in [0.5, 0.6) is 0 Å². The number of hydrogen-bond donors (Lipinski definition) is 3. The molecule has 0 aromatic heterocycles. The Labute approximate surface area is 95.9 Å². The van der Waals surface area contributed by atoms with E-state index in [4.69, 9.17) is 29.6 Å². The predicted octanol–water partition coefficient (Wildman–Crippen LogP) is 0.977. The van der Waals surface area contributed by atoms with Gasteiger partial charge in [0.15, 0.2) is 0 Å². The Morgan fingerprint density at radius 3 is 1.69 bits per heavy atom. The molecule has 0 aliphatic carbocycles. The maximum absolute atomic E-state index is 9.00. The Hall–Kier alpha value is -1.14. The molecule has 0 saturated heterocycles. The van der Waals surface area contributed by atoms with E-state index in [1.807, 2.05) is 0 Å². The van der Waals surface area contributed by atoms with Gasteiger partial charge in [0.05, 0.1) is 13.2 Å². The van der Waals surface area contributed by atoms with Crippen LogP contribution >= 0.6 is 0 Å². The SMILES string of the molecule is CC(=O)O.CC(=O)O.CCCCOCCO. The third kappa shape index (κ3) is 121. The summed E-state index contributed by atoms with van der Waals surface area (Å²) < 4.78 is 4.97. The number of rotatable bonds is 5. The van der Waals surface area contributed by atoms with E-state index in [-0.39, 0.29) is 6.61 Å². The third-order valence-corrected chi connectivity index (χ3v) is 0.878. The number of aliphatic carboxylic acids is 2. The lowest BCUT2D eigenvalue weighted by Gasteiger charge is -1.97. The van der Waals surface area contributed by atoms with Gasteiger partial charge in [0, 0.05) is 20.5 Å². The van der Waals surface area contributed by atoms with Crippen LogP contribution in [0.3, 0.4) is 0 Å². The quantitative estimate of drug-likeness (QED) is 0.617. The Kier molecular flexibility index (Phi) is 24.7. The first-order valence-corrected chi connectivity index (χ1v) is 4.96. The summed E-state index contributed by atoms with van der Waals surface area (Å²) in [5, 5.41) is 23.1. The van der Waals surface area contributed by atoms with Crippen molar-refractivity contribution in [3.05, 3.63) is 0 Å². The van der Waals surface area contributed by atoms with Crippen LogP contribution in [0.2, 0.25) is 0 Å². The third-order valence-electron chi connectivity index (χ3n) is 0.878. The summed E-state index contributed by atoms with van der Waals surface area (Å²) >= 11 is 0. The normalized spacial score (nSPS) is 8.00. The van der Waals surface area contributed by atoms with E-state index in [0.717, 1.165) is 33.3 Å². The van der Waals surface area contributed by atoms with Crippen molar-refractivity contribution in [1.82, 2.24) is 0 Å². The van der Waals surface area contributed by atoms with E-state index < -0.39 is 11.9 Å². The van der Waals surface area contributed by atoms with E-state index in [1.165, 1.54) is 0 Å². The summed E-state index contributed by atoms with van der Waals surface area (Å²) in [6.07, 6.45) is 2.26.